The van der Waals surface area contributed by atoms with E-state index in [0.29, 0.717) is 19.4 Å². The summed E-state index contributed by atoms with van der Waals surface area (Å²) in [6, 6.07) is 7.82. The highest BCUT2D eigenvalue weighted by Crippen LogP contribution is 2.25. The lowest BCUT2D eigenvalue weighted by Crippen LogP contribution is -2.41. The van der Waals surface area contributed by atoms with E-state index in [-0.39, 0.29) is 12.5 Å². The number of carboxylic acids is 1. The molecule has 1 aromatic heterocycles. The Kier molecular flexibility index (Phi) is 3.40. The fourth-order valence-electron chi connectivity index (χ4n) is 2.42. The molecule has 3 rings (SSSR count). The SMILES string of the molecule is O=C(O)C1CCC(=O)N(Cc2nc3ccccc3s2)C1. The van der Waals surface area contributed by atoms with Gasteiger partial charge in [-0.25, -0.2) is 4.98 Å². The number of piperidine rings is 1. The number of aliphatic carboxylic acids is 1. The molecule has 0 bridgehead atoms. The predicted octanol–water partition coefficient (Wildman–Crippen LogP) is 2.12. The first-order chi connectivity index (χ1) is 9.63. The molecule has 1 fully saturated rings. The molecule has 0 aliphatic carbocycles. The third-order valence-electron chi connectivity index (χ3n) is 3.51. The van der Waals surface area contributed by atoms with Crippen molar-refractivity contribution in [3.8, 4) is 0 Å². The van der Waals surface area contributed by atoms with Crippen molar-refractivity contribution in [3.63, 3.8) is 0 Å². The average Bonchev–Trinajstić information content (AvgIpc) is 2.83. The fourth-order valence-corrected chi connectivity index (χ4v) is 3.40. The molecule has 1 saturated heterocycles. The van der Waals surface area contributed by atoms with Crippen molar-refractivity contribution in [1.29, 1.82) is 0 Å². The molecule has 6 heteroatoms. The molecule has 0 spiro atoms. The van der Waals surface area contributed by atoms with Crippen molar-refractivity contribution >= 4 is 33.4 Å². The Balaban J connectivity index is 1.78. The van der Waals surface area contributed by atoms with Crippen molar-refractivity contribution in [2.75, 3.05) is 6.54 Å². The van der Waals surface area contributed by atoms with Crippen molar-refractivity contribution in [2.24, 2.45) is 5.92 Å². The molecule has 104 valence electrons. The van der Waals surface area contributed by atoms with Gasteiger partial charge < -0.3 is 10.0 Å². The second kappa shape index (κ2) is 5.20. The molecule has 0 saturated carbocycles. The van der Waals surface area contributed by atoms with Crippen LogP contribution in [0.2, 0.25) is 0 Å². The smallest absolute Gasteiger partial charge is 0.308 e. The van der Waals surface area contributed by atoms with E-state index in [2.05, 4.69) is 4.98 Å². The number of hydrogen-bond donors (Lipinski definition) is 1. The number of para-hydroxylation sites is 1. The Bertz CT molecular complexity index is 634. The van der Waals surface area contributed by atoms with Crippen LogP contribution in [0.15, 0.2) is 24.3 Å². The fraction of sp³-hybridized carbons (Fsp3) is 0.357. The van der Waals surface area contributed by atoms with Crippen LogP contribution in [-0.4, -0.2) is 33.4 Å². The Labute approximate surface area is 119 Å². The first kappa shape index (κ1) is 13.1. The summed E-state index contributed by atoms with van der Waals surface area (Å²) in [4.78, 5) is 29.0. The number of amides is 1. The molecule has 5 nitrogen and oxygen atoms in total. The van der Waals surface area contributed by atoms with Crippen LogP contribution in [0, 0.1) is 5.92 Å². The van der Waals surface area contributed by atoms with Gasteiger partial charge in [0.1, 0.15) is 5.01 Å². The van der Waals surface area contributed by atoms with Gasteiger partial charge in [0.05, 0.1) is 22.7 Å². The zero-order valence-corrected chi connectivity index (χ0v) is 11.6. The molecule has 20 heavy (non-hydrogen) atoms. The van der Waals surface area contributed by atoms with Crippen LogP contribution in [0.25, 0.3) is 10.2 Å². The lowest BCUT2D eigenvalue weighted by atomic mass is 9.98. The number of carbonyl (C=O) groups is 2. The molecule has 1 atom stereocenters. The minimum Gasteiger partial charge on any atom is -0.481 e. The van der Waals surface area contributed by atoms with Crippen LogP contribution in [0.5, 0.6) is 0 Å². The van der Waals surface area contributed by atoms with Crippen molar-refractivity contribution in [2.45, 2.75) is 19.4 Å². The highest BCUT2D eigenvalue weighted by atomic mass is 32.1. The molecule has 1 amide bonds. The Hall–Kier alpha value is -1.95. The summed E-state index contributed by atoms with van der Waals surface area (Å²) in [6.45, 7) is 0.687. The second-order valence-corrected chi connectivity index (χ2v) is 6.04. The number of aromatic nitrogens is 1. The van der Waals surface area contributed by atoms with Gasteiger partial charge in [0.2, 0.25) is 5.91 Å². The highest BCUT2D eigenvalue weighted by molar-refractivity contribution is 7.18. The van der Waals surface area contributed by atoms with Gasteiger partial charge in [0, 0.05) is 13.0 Å². The van der Waals surface area contributed by atoms with Gasteiger partial charge >= 0.3 is 5.97 Å². The van der Waals surface area contributed by atoms with Crippen LogP contribution >= 0.6 is 11.3 Å². The third kappa shape index (κ3) is 2.51. The topological polar surface area (TPSA) is 70.5 Å². The lowest BCUT2D eigenvalue weighted by molar-refractivity contribution is -0.147. The first-order valence-corrected chi connectivity index (χ1v) is 7.30. The maximum Gasteiger partial charge on any atom is 0.308 e. The van der Waals surface area contributed by atoms with Crippen LogP contribution < -0.4 is 0 Å². The molecule has 1 aromatic carbocycles. The summed E-state index contributed by atoms with van der Waals surface area (Å²) in [7, 11) is 0. The number of likely N-dealkylation sites (tertiary alicyclic amines) is 1. The van der Waals surface area contributed by atoms with E-state index < -0.39 is 11.9 Å². The monoisotopic (exact) mass is 290 g/mol. The van der Waals surface area contributed by atoms with E-state index in [1.807, 2.05) is 24.3 Å². The van der Waals surface area contributed by atoms with Crippen LogP contribution in [0.3, 0.4) is 0 Å². The van der Waals surface area contributed by atoms with E-state index in [4.69, 9.17) is 5.11 Å². The summed E-state index contributed by atoms with van der Waals surface area (Å²) < 4.78 is 1.08. The average molecular weight is 290 g/mol. The zero-order valence-electron chi connectivity index (χ0n) is 10.8. The third-order valence-corrected chi connectivity index (χ3v) is 4.53. The summed E-state index contributed by atoms with van der Waals surface area (Å²) in [5.74, 6) is -1.27. The number of hydrogen-bond acceptors (Lipinski definition) is 4. The molecule has 1 aliphatic rings. The molecule has 2 heterocycles. The number of benzene rings is 1. The van der Waals surface area contributed by atoms with E-state index in [1.165, 1.54) is 0 Å². The quantitative estimate of drug-likeness (QED) is 0.940. The number of fused-ring (bicyclic) bond motifs is 1. The van der Waals surface area contributed by atoms with Crippen molar-refractivity contribution < 1.29 is 14.7 Å². The maximum atomic E-state index is 11.9. The Morgan fingerprint density at radius 1 is 1.45 bits per heavy atom. The van der Waals surface area contributed by atoms with Gasteiger partial charge in [-0.2, -0.15) is 0 Å². The van der Waals surface area contributed by atoms with Gasteiger partial charge in [0.15, 0.2) is 0 Å². The molecule has 1 aliphatic heterocycles. The maximum absolute atomic E-state index is 11.9. The minimum atomic E-state index is -0.827. The van der Waals surface area contributed by atoms with E-state index >= 15 is 0 Å². The van der Waals surface area contributed by atoms with Gasteiger partial charge in [-0.15, -0.1) is 11.3 Å². The van der Waals surface area contributed by atoms with E-state index in [9.17, 15) is 9.59 Å². The molecule has 1 N–H and O–H groups in total. The van der Waals surface area contributed by atoms with E-state index in [0.717, 1.165) is 15.2 Å². The second-order valence-electron chi connectivity index (χ2n) is 4.92. The predicted molar refractivity (Wildman–Crippen MR) is 75.4 cm³/mol. The van der Waals surface area contributed by atoms with Crippen LogP contribution in [0.4, 0.5) is 0 Å². The molecular formula is C14H14N2O3S. The molecule has 0 radical (unpaired) electrons. The number of rotatable bonds is 3. The normalized spacial score (nSPS) is 19.5. The van der Waals surface area contributed by atoms with Gasteiger partial charge in [0.25, 0.3) is 0 Å². The summed E-state index contributed by atoms with van der Waals surface area (Å²) >= 11 is 1.55. The minimum absolute atomic E-state index is 0.0155. The largest absolute Gasteiger partial charge is 0.481 e. The zero-order chi connectivity index (χ0) is 14.1. The van der Waals surface area contributed by atoms with Gasteiger partial charge in [-0.05, 0) is 18.6 Å². The molecular weight excluding hydrogens is 276 g/mol. The first-order valence-electron chi connectivity index (χ1n) is 6.48. The summed E-state index contributed by atoms with van der Waals surface area (Å²) in [5.41, 5.74) is 0.923. The standard InChI is InChI=1S/C14H14N2O3S/c17-13-6-5-9(14(18)19)7-16(13)8-12-15-10-3-1-2-4-11(10)20-12/h1-4,9H,5-8H2,(H,18,19). The number of carboxylic acid groups (broad SMARTS) is 1. The van der Waals surface area contributed by atoms with E-state index in [1.54, 1.807) is 16.2 Å². The van der Waals surface area contributed by atoms with Crippen LogP contribution in [0.1, 0.15) is 17.8 Å². The van der Waals surface area contributed by atoms with Crippen LogP contribution in [-0.2, 0) is 16.1 Å². The van der Waals surface area contributed by atoms with Crippen molar-refractivity contribution in [1.82, 2.24) is 9.88 Å². The Morgan fingerprint density at radius 3 is 3.00 bits per heavy atom. The molecule has 2 aromatic rings. The summed E-state index contributed by atoms with van der Waals surface area (Å²) in [6.07, 6.45) is 0.742. The number of carbonyl (C=O) groups excluding carboxylic acids is 1. The highest BCUT2D eigenvalue weighted by Gasteiger charge is 2.30. The lowest BCUT2D eigenvalue weighted by Gasteiger charge is -2.29. The number of thiazole rings is 1. The summed E-state index contributed by atoms with van der Waals surface area (Å²) in [5, 5.41) is 9.92. The van der Waals surface area contributed by atoms with Crippen molar-refractivity contribution in [3.05, 3.63) is 29.3 Å². The van der Waals surface area contributed by atoms with Gasteiger partial charge in [-0.3, -0.25) is 9.59 Å². The van der Waals surface area contributed by atoms with Gasteiger partial charge in [-0.1, -0.05) is 12.1 Å². The number of nitrogens with zero attached hydrogens (tertiary/aromatic N) is 2. The molecule has 1 unspecified atom stereocenters. The Morgan fingerprint density at radius 2 is 2.25 bits per heavy atom.